The predicted molar refractivity (Wildman–Crippen MR) is 59.4 cm³/mol. The summed E-state index contributed by atoms with van der Waals surface area (Å²) in [4.78, 5) is 11.6. The Labute approximate surface area is 94.8 Å². The number of carbonyl (C=O) groups is 1. The van der Waals surface area contributed by atoms with Crippen molar-refractivity contribution < 1.29 is 19.4 Å². The Hall–Kier alpha value is -1.39. The molecule has 0 aromatic heterocycles. The van der Waals surface area contributed by atoms with Crippen molar-refractivity contribution in [2.45, 2.75) is 6.92 Å². The van der Waals surface area contributed by atoms with Gasteiger partial charge in [0.1, 0.15) is 6.61 Å². The number of aliphatic hydroxyl groups is 1. The molecule has 0 fully saturated rings. The number of aliphatic hydroxyl groups excluding tert-OH is 1. The minimum atomic E-state index is -0.342. The van der Waals surface area contributed by atoms with Crippen molar-refractivity contribution in [2.24, 2.45) is 0 Å². The lowest BCUT2D eigenvalue weighted by Gasteiger charge is -2.06. The first-order valence-electron chi connectivity index (χ1n) is 5.17. The zero-order valence-corrected chi connectivity index (χ0v) is 9.31. The van der Waals surface area contributed by atoms with Gasteiger partial charge in [0.25, 0.3) is 0 Å². The lowest BCUT2D eigenvalue weighted by atomic mass is 10.1. The van der Waals surface area contributed by atoms with E-state index in [1.165, 1.54) is 0 Å². The molecule has 0 amide bonds. The molecule has 16 heavy (non-hydrogen) atoms. The molecule has 0 spiro atoms. The van der Waals surface area contributed by atoms with Gasteiger partial charge in [-0.2, -0.15) is 0 Å². The third kappa shape index (κ3) is 4.00. The highest BCUT2D eigenvalue weighted by Crippen LogP contribution is 2.08. The van der Waals surface area contributed by atoms with E-state index in [1.54, 1.807) is 12.1 Å². The third-order valence-electron chi connectivity index (χ3n) is 2.06. The highest BCUT2D eigenvalue weighted by Gasteiger charge is 2.08. The molecule has 0 radical (unpaired) electrons. The molecule has 0 aliphatic heterocycles. The molecule has 0 aliphatic rings. The number of hydrogen-bond acceptors (Lipinski definition) is 4. The van der Waals surface area contributed by atoms with Gasteiger partial charge in [-0.15, -0.1) is 0 Å². The Morgan fingerprint density at radius 3 is 2.69 bits per heavy atom. The molecule has 0 atom stereocenters. The Morgan fingerprint density at radius 2 is 2.00 bits per heavy atom. The summed E-state index contributed by atoms with van der Waals surface area (Å²) in [5.41, 5.74) is 1.47. The van der Waals surface area contributed by atoms with Gasteiger partial charge in [-0.1, -0.05) is 18.2 Å². The Morgan fingerprint density at radius 1 is 1.25 bits per heavy atom. The van der Waals surface area contributed by atoms with Crippen LogP contribution in [0.1, 0.15) is 15.9 Å². The molecular formula is C12H16O4. The molecule has 4 nitrogen and oxygen atoms in total. The first kappa shape index (κ1) is 12.7. The average Bonchev–Trinajstić information content (AvgIpc) is 2.29. The molecule has 0 saturated carbocycles. The number of aryl methyl sites for hydroxylation is 1. The van der Waals surface area contributed by atoms with Crippen LogP contribution in [0.15, 0.2) is 24.3 Å². The predicted octanol–water partition coefficient (Wildman–Crippen LogP) is 1.16. The molecule has 0 unspecified atom stereocenters. The van der Waals surface area contributed by atoms with E-state index in [-0.39, 0.29) is 25.8 Å². The summed E-state index contributed by atoms with van der Waals surface area (Å²) in [5, 5.41) is 8.46. The largest absolute Gasteiger partial charge is 0.460 e. The van der Waals surface area contributed by atoms with Crippen LogP contribution in [0.5, 0.6) is 0 Å². The van der Waals surface area contributed by atoms with E-state index in [2.05, 4.69) is 0 Å². The number of esters is 1. The molecule has 1 rings (SSSR count). The lowest BCUT2D eigenvalue weighted by molar-refractivity contribution is 0.0258. The Kier molecular flexibility index (Phi) is 5.53. The van der Waals surface area contributed by atoms with Crippen LogP contribution >= 0.6 is 0 Å². The topological polar surface area (TPSA) is 55.8 Å². The summed E-state index contributed by atoms with van der Waals surface area (Å²) in [5.74, 6) is -0.342. The van der Waals surface area contributed by atoms with Gasteiger partial charge < -0.3 is 14.6 Å². The van der Waals surface area contributed by atoms with Gasteiger partial charge in [0.15, 0.2) is 0 Å². The molecule has 0 aliphatic carbocycles. The summed E-state index contributed by atoms with van der Waals surface area (Å²) < 4.78 is 9.98. The van der Waals surface area contributed by atoms with Gasteiger partial charge in [-0.25, -0.2) is 4.79 Å². The van der Waals surface area contributed by atoms with Gasteiger partial charge in [0.2, 0.25) is 0 Å². The van der Waals surface area contributed by atoms with Crippen LogP contribution in [0.3, 0.4) is 0 Å². The number of hydrogen-bond donors (Lipinski definition) is 1. The van der Waals surface area contributed by atoms with Gasteiger partial charge in [0.05, 0.1) is 25.4 Å². The van der Waals surface area contributed by atoms with Crippen molar-refractivity contribution in [3.05, 3.63) is 35.4 Å². The maximum atomic E-state index is 11.6. The average molecular weight is 224 g/mol. The van der Waals surface area contributed by atoms with E-state index in [0.29, 0.717) is 12.2 Å². The number of benzene rings is 1. The van der Waals surface area contributed by atoms with E-state index >= 15 is 0 Å². The summed E-state index contributed by atoms with van der Waals surface area (Å²) in [6.07, 6.45) is 0. The van der Waals surface area contributed by atoms with Crippen molar-refractivity contribution in [2.75, 3.05) is 26.4 Å². The summed E-state index contributed by atoms with van der Waals surface area (Å²) >= 11 is 0. The van der Waals surface area contributed by atoms with Crippen molar-refractivity contribution in [3.63, 3.8) is 0 Å². The van der Waals surface area contributed by atoms with E-state index in [4.69, 9.17) is 14.6 Å². The number of ether oxygens (including phenoxy) is 2. The molecule has 1 aromatic carbocycles. The molecule has 0 saturated heterocycles. The highest BCUT2D eigenvalue weighted by molar-refractivity contribution is 5.90. The third-order valence-corrected chi connectivity index (χ3v) is 2.06. The first-order chi connectivity index (χ1) is 7.75. The lowest BCUT2D eigenvalue weighted by Crippen LogP contribution is -2.13. The van der Waals surface area contributed by atoms with E-state index < -0.39 is 0 Å². The maximum absolute atomic E-state index is 11.6. The molecular weight excluding hydrogens is 208 g/mol. The van der Waals surface area contributed by atoms with Gasteiger partial charge in [-0.05, 0) is 18.6 Å². The van der Waals surface area contributed by atoms with Crippen LogP contribution in [0.2, 0.25) is 0 Å². The summed E-state index contributed by atoms with van der Waals surface area (Å²) in [6.45, 7) is 2.61. The summed E-state index contributed by atoms with van der Waals surface area (Å²) in [6, 6.07) is 7.26. The number of carbonyl (C=O) groups excluding carboxylic acids is 1. The second kappa shape index (κ2) is 6.98. The molecule has 0 heterocycles. The zero-order chi connectivity index (χ0) is 11.8. The van der Waals surface area contributed by atoms with Crippen molar-refractivity contribution in [1.29, 1.82) is 0 Å². The second-order valence-electron chi connectivity index (χ2n) is 3.29. The fourth-order valence-corrected chi connectivity index (χ4v) is 1.24. The first-order valence-corrected chi connectivity index (χ1v) is 5.17. The zero-order valence-electron chi connectivity index (χ0n) is 9.31. The SMILES string of the molecule is Cc1ccccc1C(=O)OCCOCCO. The van der Waals surface area contributed by atoms with Crippen molar-refractivity contribution in [1.82, 2.24) is 0 Å². The molecule has 88 valence electrons. The summed E-state index contributed by atoms with van der Waals surface area (Å²) in [7, 11) is 0. The van der Waals surface area contributed by atoms with Crippen LogP contribution in [0, 0.1) is 6.92 Å². The van der Waals surface area contributed by atoms with Crippen LogP contribution in [0.25, 0.3) is 0 Å². The van der Waals surface area contributed by atoms with E-state index in [9.17, 15) is 4.79 Å². The normalized spacial score (nSPS) is 10.1. The van der Waals surface area contributed by atoms with Crippen LogP contribution < -0.4 is 0 Å². The molecule has 0 bridgehead atoms. The van der Waals surface area contributed by atoms with E-state index in [1.807, 2.05) is 19.1 Å². The van der Waals surface area contributed by atoms with Crippen LogP contribution in [-0.2, 0) is 9.47 Å². The van der Waals surface area contributed by atoms with Crippen LogP contribution in [-0.4, -0.2) is 37.5 Å². The van der Waals surface area contributed by atoms with Gasteiger partial charge in [-0.3, -0.25) is 0 Å². The monoisotopic (exact) mass is 224 g/mol. The number of rotatable bonds is 6. The Balaban J connectivity index is 2.33. The fraction of sp³-hybridized carbons (Fsp3) is 0.417. The minimum Gasteiger partial charge on any atom is -0.460 e. The smallest absolute Gasteiger partial charge is 0.338 e. The molecule has 1 N–H and O–H groups in total. The Bertz CT molecular complexity index is 336. The van der Waals surface area contributed by atoms with Crippen molar-refractivity contribution in [3.8, 4) is 0 Å². The minimum absolute atomic E-state index is 0.0221. The quantitative estimate of drug-likeness (QED) is 0.582. The fourth-order valence-electron chi connectivity index (χ4n) is 1.24. The second-order valence-corrected chi connectivity index (χ2v) is 3.29. The van der Waals surface area contributed by atoms with Gasteiger partial charge in [0, 0.05) is 0 Å². The highest BCUT2D eigenvalue weighted by atomic mass is 16.6. The maximum Gasteiger partial charge on any atom is 0.338 e. The molecule has 1 aromatic rings. The molecule has 4 heteroatoms. The van der Waals surface area contributed by atoms with Crippen molar-refractivity contribution >= 4 is 5.97 Å². The van der Waals surface area contributed by atoms with Gasteiger partial charge >= 0.3 is 5.97 Å². The van der Waals surface area contributed by atoms with Crippen LogP contribution in [0.4, 0.5) is 0 Å². The van der Waals surface area contributed by atoms with E-state index in [0.717, 1.165) is 5.56 Å². The standard InChI is InChI=1S/C12H16O4/c1-10-4-2-3-5-11(10)12(14)16-9-8-15-7-6-13/h2-5,13H,6-9H2,1H3.